The van der Waals surface area contributed by atoms with Crippen molar-refractivity contribution in [2.24, 2.45) is 28.6 Å². The second-order valence-electron chi connectivity index (χ2n) is 18.1. The number of carbonyl (C=O) groups excluding carboxylic acids is 6. The highest BCUT2D eigenvalue weighted by Gasteiger charge is 2.77. The number of fused-ring (bicyclic) bond motifs is 5. The molecule has 13 heteroatoms. The van der Waals surface area contributed by atoms with Crippen LogP contribution in [0.1, 0.15) is 106 Å². The summed E-state index contributed by atoms with van der Waals surface area (Å²) in [4.78, 5) is 84.1. The van der Waals surface area contributed by atoms with Crippen molar-refractivity contribution >= 4 is 35.6 Å². The molecule has 0 aliphatic heterocycles. The Morgan fingerprint density at radius 2 is 1.39 bits per heavy atom. The molecule has 1 amide bonds. The zero-order valence-corrected chi connectivity index (χ0v) is 36.1. The van der Waals surface area contributed by atoms with Crippen molar-refractivity contribution in [2.45, 2.75) is 116 Å². The number of aliphatic hydroxyl groups excluding tert-OH is 1. The topological polar surface area (TPSA) is 192 Å². The number of rotatable bonds is 10. The first kappa shape index (κ1) is 44.4. The van der Waals surface area contributed by atoms with Gasteiger partial charge in [-0.2, -0.15) is 0 Å². The lowest BCUT2D eigenvalue weighted by atomic mass is 9.41. The standard InChI is InChI=1S/C49H55NO12/c1-27-35(60-44(56)28(2)38(31-17-11-8-12-18-31)50-43(55)32-19-13-9-14-20-32)26-49(58)42(61-45(57)33-21-15-10-16-22-33)40-47(7,36(53)25-34-23-24-48(34,40)62-30(4)52)41(54)39(59-29(3)51)37(27)46(49,5)6/h8-22,28,34-36,38-40,42,53,58H,23-26H2,1-7H3,(H,50,55)/t28-,34?,35+,36+,38-,39-,40+,42+,47-,48+,49-/m1/s1. The van der Waals surface area contributed by atoms with E-state index in [1.807, 2.05) is 6.07 Å². The van der Waals surface area contributed by atoms with Crippen LogP contribution in [0.3, 0.4) is 0 Å². The van der Waals surface area contributed by atoms with Crippen LogP contribution >= 0.6 is 0 Å². The third kappa shape index (κ3) is 7.32. The third-order valence-corrected chi connectivity index (χ3v) is 14.4. The van der Waals surface area contributed by atoms with E-state index >= 15 is 4.79 Å². The number of hydrogen-bond donors (Lipinski definition) is 3. The number of aliphatic hydroxyl groups is 2. The van der Waals surface area contributed by atoms with Gasteiger partial charge < -0.3 is 34.5 Å². The third-order valence-electron chi connectivity index (χ3n) is 14.4. The monoisotopic (exact) mass is 849 g/mol. The maximum Gasteiger partial charge on any atom is 0.338 e. The van der Waals surface area contributed by atoms with Gasteiger partial charge in [-0.05, 0) is 81.0 Å². The molecule has 3 fully saturated rings. The fourth-order valence-corrected chi connectivity index (χ4v) is 10.9. The maximum atomic E-state index is 15.6. The number of benzene rings is 3. The van der Waals surface area contributed by atoms with E-state index in [0.29, 0.717) is 23.1 Å². The van der Waals surface area contributed by atoms with E-state index in [0.717, 1.165) is 6.92 Å². The molecule has 4 aliphatic carbocycles. The average molecular weight is 850 g/mol. The Kier molecular flexibility index (Phi) is 11.9. The predicted molar refractivity (Wildman–Crippen MR) is 224 cm³/mol. The van der Waals surface area contributed by atoms with Gasteiger partial charge in [-0.3, -0.25) is 24.0 Å². The number of Topliss-reactive ketones (excluding diaryl/α,β-unsaturated/α-hetero) is 1. The van der Waals surface area contributed by atoms with Crippen molar-refractivity contribution in [3.05, 3.63) is 119 Å². The molecule has 62 heavy (non-hydrogen) atoms. The van der Waals surface area contributed by atoms with Crippen molar-refractivity contribution in [1.29, 1.82) is 0 Å². The number of ether oxygens (including phenoxy) is 4. The van der Waals surface area contributed by atoms with Crippen LogP contribution in [0.5, 0.6) is 0 Å². The number of hydrogen-bond acceptors (Lipinski definition) is 12. The van der Waals surface area contributed by atoms with Gasteiger partial charge in [-0.25, -0.2) is 4.79 Å². The summed E-state index contributed by atoms with van der Waals surface area (Å²) >= 11 is 0. The molecule has 3 aromatic carbocycles. The zero-order valence-electron chi connectivity index (χ0n) is 36.1. The zero-order chi connectivity index (χ0) is 44.9. The lowest BCUT2D eigenvalue weighted by Crippen LogP contribution is -2.78. The first-order valence-electron chi connectivity index (χ1n) is 21.2. The Labute approximate surface area is 361 Å². The lowest BCUT2D eigenvalue weighted by Gasteiger charge is -2.68. The summed E-state index contributed by atoms with van der Waals surface area (Å²) in [6.07, 6.45) is -5.73. The van der Waals surface area contributed by atoms with Crippen molar-refractivity contribution in [3.8, 4) is 0 Å². The van der Waals surface area contributed by atoms with Crippen LogP contribution in [0.2, 0.25) is 0 Å². The van der Waals surface area contributed by atoms with Gasteiger partial charge in [0.05, 0.1) is 35.0 Å². The van der Waals surface area contributed by atoms with Crippen molar-refractivity contribution in [2.75, 3.05) is 0 Å². The fourth-order valence-electron chi connectivity index (χ4n) is 10.9. The molecule has 0 spiro atoms. The molecule has 11 atom stereocenters. The van der Waals surface area contributed by atoms with Crippen LogP contribution in [-0.4, -0.2) is 81.4 Å². The molecule has 2 bridgehead atoms. The molecule has 3 N–H and O–H groups in total. The molecule has 13 nitrogen and oxygen atoms in total. The highest BCUT2D eigenvalue weighted by molar-refractivity contribution is 5.96. The second-order valence-corrected chi connectivity index (χ2v) is 18.1. The number of nitrogens with one attached hydrogen (secondary N) is 1. The van der Waals surface area contributed by atoms with E-state index in [9.17, 15) is 34.2 Å². The molecule has 0 aromatic heterocycles. The van der Waals surface area contributed by atoms with E-state index in [4.69, 9.17) is 18.9 Å². The summed E-state index contributed by atoms with van der Waals surface area (Å²) in [7, 11) is 0. The van der Waals surface area contributed by atoms with E-state index in [1.54, 1.807) is 100 Å². The number of esters is 4. The molecule has 0 heterocycles. The van der Waals surface area contributed by atoms with Crippen LogP contribution in [0.4, 0.5) is 0 Å². The molecule has 328 valence electrons. The summed E-state index contributed by atoms with van der Waals surface area (Å²) in [5.41, 5.74) is -5.70. The summed E-state index contributed by atoms with van der Waals surface area (Å²) < 4.78 is 25.0. The smallest absolute Gasteiger partial charge is 0.338 e. The highest BCUT2D eigenvalue weighted by atomic mass is 16.6. The van der Waals surface area contributed by atoms with Gasteiger partial charge >= 0.3 is 23.9 Å². The summed E-state index contributed by atoms with van der Waals surface area (Å²) in [6, 6.07) is 24.7. The minimum absolute atomic E-state index is 0.0412. The van der Waals surface area contributed by atoms with E-state index < -0.39 is 112 Å². The molecule has 0 saturated heterocycles. The van der Waals surface area contributed by atoms with Crippen molar-refractivity contribution in [1.82, 2.24) is 5.32 Å². The Hall–Kier alpha value is -5.66. The van der Waals surface area contributed by atoms with Crippen molar-refractivity contribution < 1.29 is 57.9 Å². The molecule has 7 rings (SSSR count). The minimum Gasteiger partial charge on any atom is -0.458 e. The summed E-state index contributed by atoms with van der Waals surface area (Å²) in [5.74, 6) is -7.18. The van der Waals surface area contributed by atoms with Gasteiger partial charge in [0, 0.05) is 37.2 Å². The Bertz CT molecular complexity index is 2280. The first-order chi connectivity index (χ1) is 29.3. The van der Waals surface area contributed by atoms with Gasteiger partial charge in [-0.15, -0.1) is 0 Å². The molecule has 3 aromatic rings. The fraction of sp³-hybridized carbons (Fsp3) is 0.469. The maximum absolute atomic E-state index is 15.6. The number of carbonyl (C=O) groups is 6. The Balaban J connectivity index is 1.39. The molecule has 3 saturated carbocycles. The Morgan fingerprint density at radius 3 is 1.94 bits per heavy atom. The largest absolute Gasteiger partial charge is 0.458 e. The normalized spacial score (nSPS) is 31.9. The predicted octanol–water partition coefficient (Wildman–Crippen LogP) is 6.02. The molecular weight excluding hydrogens is 795 g/mol. The lowest BCUT2D eigenvalue weighted by molar-refractivity contribution is -0.296. The van der Waals surface area contributed by atoms with Crippen LogP contribution < -0.4 is 5.32 Å². The van der Waals surface area contributed by atoms with Gasteiger partial charge in [0.2, 0.25) is 0 Å². The molecule has 0 radical (unpaired) electrons. The highest BCUT2D eigenvalue weighted by Crippen LogP contribution is 2.67. The Morgan fingerprint density at radius 1 is 0.806 bits per heavy atom. The minimum atomic E-state index is -2.25. The van der Waals surface area contributed by atoms with Crippen LogP contribution in [0, 0.1) is 28.6 Å². The van der Waals surface area contributed by atoms with Crippen LogP contribution in [-0.2, 0) is 38.1 Å². The quantitative estimate of drug-likeness (QED) is 0.122. The average Bonchev–Trinajstić information content (AvgIpc) is 3.24. The van der Waals surface area contributed by atoms with E-state index in [-0.39, 0.29) is 24.0 Å². The molecular formula is C49H55NO12. The summed E-state index contributed by atoms with van der Waals surface area (Å²) in [6.45, 7) is 10.4. The second kappa shape index (κ2) is 16.6. The SMILES string of the molecule is CC(=O)O[C@H]1C(=O)[C@]2(C)[C@@H](O)CC3CC[C@@]3(OC(C)=O)[C@H]2[C@H](OC(=O)c2ccccc2)[C@]2(O)C[C@H](OC(=O)[C@H](C)[C@@H](NC(=O)c3ccccc3)c3ccccc3)C(C)=C1C2(C)C. The van der Waals surface area contributed by atoms with E-state index in [2.05, 4.69) is 5.32 Å². The first-order valence-corrected chi connectivity index (χ1v) is 21.2. The van der Waals surface area contributed by atoms with Gasteiger partial charge in [0.15, 0.2) is 11.9 Å². The van der Waals surface area contributed by atoms with E-state index in [1.165, 1.54) is 26.0 Å². The van der Waals surface area contributed by atoms with Crippen LogP contribution in [0.15, 0.2) is 102 Å². The molecule has 1 unspecified atom stereocenters. The number of amides is 1. The summed E-state index contributed by atoms with van der Waals surface area (Å²) in [5, 5.41) is 28.9. The van der Waals surface area contributed by atoms with Crippen LogP contribution in [0.25, 0.3) is 0 Å². The molecule has 4 aliphatic rings. The number of ketones is 1. The van der Waals surface area contributed by atoms with Gasteiger partial charge in [-0.1, -0.05) is 80.6 Å². The van der Waals surface area contributed by atoms with Gasteiger partial charge in [0.1, 0.15) is 23.4 Å². The van der Waals surface area contributed by atoms with Gasteiger partial charge in [0.25, 0.3) is 5.91 Å². The van der Waals surface area contributed by atoms with Crippen molar-refractivity contribution in [3.63, 3.8) is 0 Å².